The van der Waals surface area contributed by atoms with Crippen molar-refractivity contribution in [1.82, 2.24) is 4.57 Å². The van der Waals surface area contributed by atoms with Crippen LogP contribution in [0.2, 0.25) is 0 Å². The summed E-state index contributed by atoms with van der Waals surface area (Å²) in [4.78, 5) is 2.36. The second-order valence-electron chi connectivity index (χ2n) is 17.7. The monoisotopic (exact) mass is 880 g/mol. The number of rotatable bonds is 9. The van der Waals surface area contributed by atoms with Crippen molar-refractivity contribution < 1.29 is 4.42 Å². The average Bonchev–Trinajstić information content (AvgIpc) is 3.98. The van der Waals surface area contributed by atoms with Crippen molar-refractivity contribution in [2.45, 2.75) is 0 Å². The van der Waals surface area contributed by atoms with Gasteiger partial charge in [0.2, 0.25) is 0 Å². The highest BCUT2D eigenvalue weighted by Gasteiger charge is 2.18. The summed E-state index contributed by atoms with van der Waals surface area (Å²) in [6, 6.07) is 96.1. The fraction of sp³-hybridized carbons (Fsp3) is 0. The van der Waals surface area contributed by atoms with Gasteiger partial charge in [-0.15, -0.1) is 0 Å². The second-order valence-corrected chi connectivity index (χ2v) is 17.7. The van der Waals surface area contributed by atoms with Gasteiger partial charge in [0.15, 0.2) is 0 Å². The SMILES string of the molecule is c1ccc(-c2cccc(-c3cccc(N(c4ccc(-c5ccc(-c6cccc(-n7c8ccccc8c8ccccc87)c6)cc5)cc4)c4ccc(-c5cccc6oc7ccccc7c56)cc4)c3)c2)cc1. The molecule has 0 N–H and O–H groups in total. The summed E-state index contributed by atoms with van der Waals surface area (Å²) < 4.78 is 8.65. The van der Waals surface area contributed by atoms with Crippen LogP contribution < -0.4 is 4.90 Å². The lowest BCUT2D eigenvalue weighted by Gasteiger charge is -2.26. The maximum atomic E-state index is 6.27. The Morgan fingerprint density at radius 2 is 0.725 bits per heavy atom. The van der Waals surface area contributed by atoms with Crippen molar-refractivity contribution in [2.24, 2.45) is 0 Å². The molecule has 3 heteroatoms. The highest BCUT2D eigenvalue weighted by Crippen LogP contribution is 2.42. The molecule has 324 valence electrons. The molecule has 2 aromatic heterocycles. The van der Waals surface area contributed by atoms with E-state index in [1.165, 1.54) is 55.2 Å². The molecular weight excluding hydrogens is 837 g/mol. The molecule has 0 spiro atoms. The first-order valence-corrected chi connectivity index (χ1v) is 23.6. The van der Waals surface area contributed by atoms with Gasteiger partial charge >= 0.3 is 0 Å². The van der Waals surface area contributed by atoms with E-state index >= 15 is 0 Å². The standard InChI is InChI=1S/C66H44N2O/c1-2-14-45(15-3-1)50-16-10-17-51(42-50)53-19-12-20-56(44-53)67(55-40-36-49(37-41-55)58-25-13-29-65-66(58)61-24-6-9-28-64(61)69-65)54-38-34-47(35-39-54)46-30-32-48(33-31-46)52-18-11-21-57(43-52)68-62-26-7-4-22-59(62)60-23-5-8-27-63(60)68/h1-44H. The number of nitrogens with zero attached hydrogens (tertiary/aromatic N) is 2. The molecular formula is C66H44N2O. The minimum atomic E-state index is 0.895. The molecule has 2 heterocycles. The van der Waals surface area contributed by atoms with Gasteiger partial charge in [0.05, 0.1) is 11.0 Å². The van der Waals surface area contributed by atoms with E-state index in [1.54, 1.807) is 0 Å². The summed E-state index contributed by atoms with van der Waals surface area (Å²) in [5.41, 5.74) is 20.3. The van der Waals surface area contributed by atoms with Crippen molar-refractivity contribution in [3.8, 4) is 61.3 Å². The van der Waals surface area contributed by atoms with Crippen LogP contribution in [0, 0.1) is 0 Å². The summed E-state index contributed by atoms with van der Waals surface area (Å²) in [5, 5.41) is 4.80. The summed E-state index contributed by atoms with van der Waals surface area (Å²) in [7, 11) is 0. The first-order chi connectivity index (χ1) is 34.2. The molecule has 0 amide bonds. The van der Waals surface area contributed by atoms with Gasteiger partial charge in [-0.05, 0) is 134 Å². The van der Waals surface area contributed by atoms with E-state index in [9.17, 15) is 0 Å². The van der Waals surface area contributed by atoms with Crippen LogP contribution in [0.15, 0.2) is 271 Å². The van der Waals surface area contributed by atoms with E-state index in [4.69, 9.17) is 4.42 Å². The molecule has 0 atom stereocenters. The molecule has 0 saturated heterocycles. The zero-order chi connectivity index (χ0) is 45.7. The van der Waals surface area contributed by atoms with Gasteiger partial charge < -0.3 is 13.9 Å². The van der Waals surface area contributed by atoms with E-state index in [0.717, 1.165) is 66.9 Å². The van der Waals surface area contributed by atoms with E-state index in [1.807, 2.05) is 12.1 Å². The van der Waals surface area contributed by atoms with E-state index in [-0.39, 0.29) is 0 Å². The normalized spacial score (nSPS) is 11.5. The van der Waals surface area contributed by atoms with Crippen LogP contribution in [0.3, 0.4) is 0 Å². The first-order valence-electron chi connectivity index (χ1n) is 23.6. The molecule has 0 fully saturated rings. The lowest BCUT2D eigenvalue weighted by molar-refractivity contribution is 0.669. The van der Waals surface area contributed by atoms with Gasteiger partial charge in [0, 0.05) is 44.3 Å². The lowest BCUT2D eigenvalue weighted by atomic mass is 9.98. The Labute approximate surface area is 401 Å². The summed E-state index contributed by atoms with van der Waals surface area (Å²) in [5.74, 6) is 0. The molecule has 0 bridgehead atoms. The van der Waals surface area contributed by atoms with Crippen LogP contribution in [0.25, 0.3) is 105 Å². The fourth-order valence-corrected chi connectivity index (χ4v) is 10.3. The lowest BCUT2D eigenvalue weighted by Crippen LogP contribution is -2.10. The molecule has 0 unspecified atom stereocenters. The Kier molecular flexibility index (Phi) is 9.84. The second kappa shape index (κ2) is 16.9. The van der Waals surface area contributed by atoms with Gasteiger partial charge in [-0.3, -0.25) is 0 Å². The number of aromatic nitrogens is 1. The zero-order valence-electron chi connectivity index (χ0n) is 37.7. The maximum Gasteiger partial charge on any atom is 0.136 e. The number of hydrogen-bond acceptors (Lipinski definition) is 2. The highest BCUT2D eigenvalue weighted by molar-refractivity contribution is 6.12. The van der Waals surface area contributed by atoms with Crippen LogP contribution in [0.1, 0.15) is 0 Å². The quantitative estimate of drug-likeness (QED) is 0.144. The number of para-hydroxylation sites is 3. The third kappa shape index (κ3) is 7.25. The number of furan rings is 1. The fourth-order valence-electron chi connectivity index (χ4n) is 10.3. The van der Waals surface area contributed by atoms with Gasteiger partial charge in [0.1, 0.15) is 11.2 Å². The van der Waals surface area contributed by atoms with Crippen molar-refractivity contribution in [3.63, 3.8) is 0 Å². The maximum absolute atomic E-state index is 6.27. The van der Waals surface area contributed by atoms with Crippen molar-refractivity contribution in [3.05, 3.63) is 267 Å². The Bertz CT molecular complexity index is 3940. The minimum absolute atomic E-state index is 0.895. The highest BCUT2D eigenvalue weighted by atomic mass is 16.3. The van der Waals surface area contributed by atoms with Crippen LogP contribution in [0.5, 0.6) is 0 Å². The van der Waals surface area contributed by atoms with Gasteiger partial charge in [-0.2, -0.15) is 0 Å². The number of anilines is 3. The van der Waals surface area contributed by atoms with Crippen molar-refractivity contribution >= 4 is 60.8 Å². The molecule has 11 aromatic carbocycles. The number of benzene rings is 11. The zero-order valence-corrected chi connectivity index (χ0v) is 37.7. The molecule has 13 aromatic rings. The minimum Gasteiger partial charge on any atom is -0.456 e. The van der Waals surface area contributed by atoms with E-state index in [2.05, 4.69) is 264 Å². The smallest absolute Gasteiger partial charge is 0.136 e. The van der Waals surface area contributed by atoms with Crippen LogP contribution >= 0.6 is 0 Å². The topological polar surface area (TPSA) is 21.3 Å². The molecule has 0 aliphatic heterocycles. The van der Waals surface area contributed by atoms with Gasteiger partial charge in [0.25, 0.3) is 0 Å². The Hall–Kier alpha value is -9.18. The van der Waals surface area contributed by atoms with E-state index in [0.29, 0.717) is 0 Å². The van der Waals surface area contributed by atoms with Crippen LogP contribution in [-0.2, 0) is 0 Å². The Morgan fingerprint density at radius 3 is 1.41 bits per heavy atom. The largest absolute Gasteiger partial charge is 0.456 e. The molecule has 13 rings (SSSR count). The molecule has 3 nitrogen and oxygen atoms in total. The predicted octanol–water partition coefficient (Wildman–Crippen LogP) is 18.5. The Morgan fingerprint density at radius 1 is 0.275 bits per heavy atom. The molecule has 0 radical (unpaired) electrons. The van der Waals surface area contributed by atoms with Gasteiger partial charge in [-0.1, -0.05) is 188 Å². The predicted molar refractivity (Wildman–Crippen MR) is 290 cm³/mol. The summed E-state index contributed by atoms with van der Waals surface area (Å²) in [6.07, 6.45) is 0. The Balaban J connectivity index is 0.845. The molecule has 0 aliphatic rings. The van der Waals surface area contributed by atoms with Crippen molar-refractivity contribution in [2.75, 3.05) is 4.90 Å². The van der Waals surface area contributed by atoms with Gasteiger partial charge in [-0.25, -0.2) is 0 Å². The third-order valence-electron chi connectivity index (χ3n) is 13.6. The van der Waals surface area contributed by atoms with Crippen molar-refractivity contribution in [1.29, 1.82) is 0 Å². The molecule has 0 aliphatic carbocycles. The van der Waals surface area contributed by atoms with Crippen LogP contribution in [-0.4, -0.2) is 4.57 Å². The third-order valence-corrected chi connectivity index (χ3v) is 13.6. The summed E-state index contributed by atoms with van der Waals surface area (Å²) in [6.45, 7) is 0. The average molecular weight is 881 g/mol. The molecule has 69 heavy (non-hydrogen) atoms. The number of fused-ring (bicyclic) bond motifs is 6. The molecule has 0 saturated carbocycles. The van der Waals surface area contributed by atoms with E-state index < -0.39 is 0 Å². The summed E-state index contributed by atoms with van der Waals surface area (Å²) >= 11 is 0. The van der Waals surface area contributed by atoms with Crippen LogP contribution in [0.4, 0.5) is 17.1 Å². The first kappa shape index (κ1) is 40.1. The number of hydrogen-bond donors (Lipinski definition) is 0.